The largest absolute Gasteiger partial charge is 0.496 e. The van der Waals surface area contributed by atoms with E-state index in [0.717, 1.165) is 66.3 Å². The third-order valence-electron chi connectivity index (χ3n) is 7.77. The van der Waals surface area contributed by atoms with E-state index >= 15 is 0 Å². The van der Waals surface area contributed by atoms with E-state index in [1.54, 1.807) is 56.2 Å². The number of carbonyl (C=O) groups is 1. The predicted octanol–water partition coefficient (Wildman–Crippen LogP) is 3.86. The van der Waals surface area contributed by atoms with Gasteiger partial charge in [-0.1, -0.05) is 6.07 Å². The minimum absolute atomic E-state index is 0.0258. The molecule has 0 atom stereocenters. The summed E-state index contributed by atoms with van der Waals surface area (Å²) in [7, 11) is 9.02. The zero-order chi connectivity index (χ0) is 27.7. The second-order valence-corrected chi connectivity index (χ2v) is 10.3. The van der Waals surface area contributed by atoms with Gasteiger partial charge in [0.05, 0.1) is 12.8 Å². The highest BCUT2D eigenvalue weighted by Crippen LogP contribution is 2.35. The van der Waals surface area contributed by atoms with Crippen LogP contribution in [0.15, 0.2) is 59.7 Å². The fourth-order valence-electron chi connectivity index (χ4n) is 5.52. The summed E-state index contributed by atoms with van der Waals surface area (Å²) < 4.78 is 9.49. The van der Waals surface area contributed by atoms with Gasteiger partial charge in [0.2, 0.25) is 0 Å². The molecule has 0 spiro atoms. The highest BCUT2D eigenvalue weighted by atomic mass is 16.5. The molecule has 1 aliphatic rings. The van der Waals surface area contributed by atoms with E-state index in [1.807, 2.05) is 31.3 Å². The van der Waals surface area contributed by atoms with E-state index in [-0.39, 0.29) is 11.5 Å². The van der Waals surface area contributed by atoms with Crippen LogP contribution in [0.4, 0.5) is 5.69 Å². The van der Waals surface area contributed by atoms with Crippen molar-refractivity contribution < 1.29 is 9.53 Å². The average molecular weight is 529 g/mol. The molecule has 0 radical (unpaired) electrons. The monoisotopic (exact) mass is 528 g/mol. The maximum atomic E-state index is 12.8. The number of carbonyl (C=O) groups excluding carboxylic acids is 1. The number of anilines is 1. The first-order valence-corrected chi connectivity index (χ1v) is 13.3. The van der Waals surface area contributed by atoms with Crippen molar-refractivity contribution in [1.29, 1.82) is 0 Å². The highest BCUT2D eigenvalue weighted by molar-refractivity contribution is 5.94. The third-order valence-corrected chi connectivity index (χ3v) is 7.77. The lowest BCUT2D eigenvalue weighted by molar-refractivity contribution is 0.0827. The lowest BCUT2D eigenvalue weighted by Crippen LogP contribution is -2.33. The fourth-order valence-corrected chi connectivity index (χ4v) is 5.52. The number of piperidine rings is 1. The van der Waals surface area contributed by atoms with Crippen molar-refractivity contribution in [3.63, 3.8) is 0 Å². The van der Waals surface area contributed by atoms with Crippen LogP contribution in [0, 0.1) is 0 Å². The van der Waals surface area contributed by atoms with Crippen LogP contribution in [0.5, 0.6) is 5.75 Å². The average Bonchev–Trinajstić information content (AvgIpc) is 3.27. The fraction of sp³-hybridized carbons (Fsp3) is 0.367. The summed E-state index contributed by atoms with van der Waals surface area (Å²) in [5.74, 6) is 1.14. The van der Waals surface area contributed by atoms with Crippen molar-refractivity contribution in [2.24, 2.45) is 7.05 Å². The SMILES string of the molecule is CNc1ccn(-c2ccnc3c2cc(CN2CCC(c4ccc(C(=O)N(C)C)cc4OC)CC2)n3C)c(=O)c1. The van der Waals surface area contributed by atoms with Crippen LogP contribution in [0.1, 0.15) is 40.4 Å². The number of likely N-dealkylation sites (tertiary alicyclic amines) is 1. The van der Waals surface area contributed by atoms with Gasteiger partial charge in [-0.3, -0.25) is 19.1 Å². The van der Waals surface area contributed by atoms with Crippen molar-refractivity contribution in [3.8, 4) is 11.4 Å². The van der Waals surface area contributed by atoms with Gasteiger partial charge in [0.1, 0.15) is 11.4 Å². The first-order valence-electron chi connectivity index (χ1n) is 13.3. The zero-order valence-corrected chi connectivity index (χ0v) is 23.3. The molecule has 0 unspecified atom stereocenters. The van der Waals surface area contributed by atoms with Gasteiger partial charge in [-0.25, -0.2) is 4.98 Å². The summed E-state index contributed by atoms with van der Waals surface area (Å²) in [5.41, 5.74) is 5.36. The minimum Gasteiger partial charge on any atom is -0.496 e. The van der Waals surface area contributed by atoms with Crippen LogP contribution in [-0.2, 0) is 13.6 Å². The Balaban J connectivity index is 1.33. The number of aryl methyl sites for hydroxylation is 1. The van der Waals surface area contributed by atoms with E-state index in [2.05, 4.69) is 31.9 Å². The van der Waals surface area contributed by atoms with Crippen molar-refractivity contribution in [2.75, 3.05) is 46.7 Å². The summed E-state index contributed by atoms with van der Waals surface area (Å²) in [6, 6.07) is 13.4. The second-order valence-electron chi connectivity index (χ2n) is 10.3. The topological polar surface area (TPSA) is 84.6 Å². The van der Waals surface area contributed by atoms with E-state index in [9.17, 15) is 9.59 Å². The van der Waals surface area contributed by atoms with Crippen molar-refractivity contribution in [3.05, 3.63) is 82.0 Å². The smallest absolute Gasteiger partial charge is 0.257 e. The molecule has 4 aromatic rings. The maximum Gasteiger partial charge on any atom is 0.257 e. The maximum absolute atomic E-state index is 12.8. The molecule has 0 aliphatic carbocycles. The Bertz CT molecular complexity index is 1560. The number of hydrogen-bond acceptors (Lipinski definition) is 6. The Morgan fingerprint density at radius 3 is 2.56 bits per heavy atom. The zero-order valence-electron chi connectivity index (χ0n) is 23.3. The van der Waals surface area contributed by atoms with Crippen molar-refractivity contribution in [1.82, 2.24) is 23.9 Å². The number of amides is 1. The molecule has 5 rings (SSSR count). The minimum atomic E-state index is -0.0867. The molecule has 3 aromatic heterocycles. The van der Waals surface area contributed by atoms with Crippen LogP contribution in [-0.4, -0.2) is 71.2 Å². The Morgan fingerprint density at radius 1 is 1.13 bits per heavy atom. The van der Waals surface area contributed by atoms with Crippen LogP contribution < -0.4 is 15.6 Å². The number of pyridine rings is 2. The second kappa shape index (κ2) is 10.9. The summed E-state index contributed by atoms with van der Waals surface area (Å²) in [4.78, 5) is 33.8. The summed E-state index contributed by atoms with van der Waals surface area (Å²) in [6.07, 6.45) is 5.59. The van der Waals surface area contributed by atoms with Crippen molar-refractivity contribution >= 4 is 22.6 Å². The molecule has 1 aliphatic heterocycles. The van der Waals surface area contributed by atoms with Gasteiger partial charge >= 0.3 is 0 Å². The van der Waals surface area contributed by atoms with Crippen molar-refractivity contribution in [2.45, 2.75) is 25.3 Å². The van der Waals surface area contributed by atoms with Gasteiger partial charge < -0.3 is 19.5 Å². The first kappa shape index (κ1) is 26.5. The molecule has 0 saturated carbocycles. The summed E-state index contributed by atoms with van der Waals surface area (Å²) in [6.45, 7) is 2.72. The van der Waals surface area contributed by atoms with Gasteiger partial charge in [-0.05, 0) is 67.7 Å². The highest BCUT2D eigenvalue weighted by Gasteiger charge is 2.25. The number of rotatable bonds is 7. The first-order chi connectivity index (χ1) is 18.8. The Kier molecular flexibility index (Phi) is 7.43. The van der Waals surface area contributed by atoms with Gasteiger partial charge in [0.15, 0.2) is 0 Å². The molecule has 0 bridgehead atoms. The molecule has 1 fully saturated rings. The Morgan fingerprint density at radius 2 is 1.90 bits per heavy atom. The summed E-state index contributed by atoms with van der Waals surface area (Å²) in [5, 5.41) is 3.98. The van der Waals surface area contributed by atoms with Gasteiger partial charge in [-0.2, -0.15) is 0 Å². The number of ether oxygens (including phenoxy) is 1. The number of benzene rings is 1. The number of hydrogen-bond donors (Lipinski definition) is 1. The Hall–Kier alpha value is -4.11. The lowest BCUT2D eigenvalue weighted by Gasteiger charge is -2.32. The number of aromatic nitrogens is 3. The molecule has 39 heavy (non-hydrogen) atoms. The summed E-state index contributed by atoms with van der Waals surface area (Å²) >= 11 is 0. The number of nitrogens with zero attached hydrogens (tertiary/aromatic N) is 5. The van der Waals surface area contributed by atoms with Crippen LogP contribution in [0.2, 0.25) is 0 Å². The molecule has 1 saturated heterocycles. The normalized spacial score (nSPS) is 14.5. The molecule has 9 nitrogen and oxygen atoms in total. The molecule has 1 N–H and O–H groups in total. The van der Waals surface area contributed by atoms with Gasteiger partial charge in [0, 0.05) is 75.5 Å². The third kappa shape index (κ3) is 5.14. The molecular formula is C30H36N6O3. The van der Waals surface area contributed by atoms with E-state index in [4.69, 9.17) is 4.74 Å². The molecule has 1 amide bonds. The standard InChI is InChI=1S/C30H36N6O3/c1-31-22-11-15-36(28(37)17-22)26-8-12-32-29-25(26)18-23(34(29)4)19-35-13-9-20(10-14-35)24-7-6-21(16-27(24)39-5)30(38)33(2)3/h6-8,11-12,15-18,20,31H,9-10,13-14,19H2,1-5H3. The molecule has 204 valence electrons. The van der Waals surface area contributed by atoms with Crippen LogP contribution in [0.3, 0.4) is 0 Å². The number of fused-ring (bicyclic) bond motifs is 1. The van der Waals surface area contributed by atoms with Gasteiger partial charge in [-0.15, -0.1) is 0 Å². The van der Waals surface area contributed by atoms with Crippen LogP contribution >= 0.6 is 0 Å². The molecule has 9 heteroatoms. The molecule has 4 heterocycles. The van der Waals surface area contributed by atoms with Crippen LogP contribution in [0.25, 0.3) is 16.7 Å². The Labute approximate surface area is 228 Å². The van der Waals surface area contributed by atoms with E-state index in [0.29, 0.717) is 11.5 Å². The quantitative estimate of drug-likeness (QED) is 0.392. The molecule has 1 aromatic carbocycles. The number of methoxy groups -OCH3 is 1. The predicted molar refractivity (Wildman–Crippen MR) is 154 cm³/mol. The lowest BCUT2D eigenvalue weighted by atomic mass is 9.88. The van der Waals surface area contributed by atoms with Gasteiger partial charge in [0.25, 0.3) is 11.5 Å². The molecular weight excluding hydrogens is 492 g/mol. The number of nitrogens with one attached hydrogen (secondary N) is 1. The van der Waals surface area contributed by atoms with E-state index < -0.39 is 0 Å². The van der Waals surface area contributed by atoms with E-state index in [1.165, 1.54) is 5.56 Å².